The third-order valence-electron chi connectivity index (χ3n) is 13.2. The average Bonchev–Trinajstić information content (AvgIpc) is 3.42. The molecule has 2 aliphatic heterocycles. The van der Waals surface area contributed by atoms with Crippen LogP contribution in [0.5, 0.6) is 0 Å². The summed E-state index contributed by atoms with van der Waals surface area (Å²) in [7, 11) is 0. The zero-order valence-corrected chi connectivity index (χ0v) is 37.1. The minimum absolute atomic E-state index is 0.202. The second-order valence-corrected chi connectivity index (χ2v) is 18.2. The van der Waals surface area contributed by atoms with Crippen molar-refractivity contribution in [3.05, 3.63) is 120 Å². The molecule has 2 fully saturated rings. The number of anilines is 1. The molecule has 2 N–H and O–H groups in total. The average molecular weight is 892 g/mol. The van der Waals surface area contributed by atoms with Gasteiger partial charge in [-0.3, -0.25) is 9.97 Å². The van der Waals surface area contributed by atoms with Crippen molar-refractivity contribution >= 4 is 57.0 Å². The highest BCUT2D eigenvalue weighted by molar-refractivity contribution is 9.10. The van der Waals surface area contributed by atoms with Crippen LogP contribution in [0, 0.1) is 11.8 Å². The molecule has 2 amide bonds. The molecule has 2 unspecified atom stereocenters. The van der Waals surface area contributed by atoms with Gasteiger partial charge in [0.2, 0.25) is 0 Å². The summed E-state index contributed by atoms with van der Waals surface area (Å²) in [5.41, 5.74) is 16.3. The van der Waals surface area contributed by atoms with E-state index < -0.39 is 0 Å². The third-order valence-corrected chi connectivity index (χ3v) is 14.1. The first-order valence-electron chi connectivity index (χ1n) is 20.7. The monoisotopic (exact) mass is 889 g/mol. The molecule has 2 atom stereocenters. The van der Waals surface area contributed by atoms with Crippen molar-refractivity contribution in [2.75, 3.05) is 45.1 Å². The van der Waals surface area contributed by atoms with E-state index in [0.717, 1.165) is 77.3 Å². The van der Waals surface area contributed by atoms with Crippen molar-refractivity contribution in [2.24, 2.45) is 11.8 Å². The number of hydrogen-bond acceptors (Lipinski definition) is 7. The maximum atomic E-state index is 12.2. The van der Waals surface area contributed by atoms with Crippen LogP contribution in [-0.2, 0) is 46.0 Å². The number of nitrogen functional groups attached to an aromatic ring is 1. The molecule has 8 rings (SSSR count). The van der Waals surface area contributed by atoms with Gasteiger partial charge in [-0.25, -0.2) is 9.59 Å². The number of aromatic nitrogens is 2. The van der Waals surface area contributed by atoms with E-state index >= 15 is 0 Å². The summed E-state index contributed by atoms with van der Waals surface area (Å²) in [6, 6.07) is 16.8. The summed E-state index contributed by atoms with van der Waals surface area (Å²) in [5.74, 6) is 0.750. The van der Waals surface area contributed by atoms with Gasteiger partial charge in [-0.2, -0.15) is 0 Å². The molecule has 308 valence electrons. The van der Waals surface area contributed by atoms with E-state index in [1.54, 1.807) is 6.20 Å². The Hall–Kier alpha value is -3.86. The van der Waals surface area contributed by atoms with Crippen molar-refractivity contribution in [1.29, 1.82) is 0 Å². The SMILES string of the molecule is CCOC(=O)N1CCC(C2(C)c3ccc(Cl)cc3CCc3cc(Br)cnc32)CC1.CCOC(=O)N1CCC(C2(C)c3ccc(Cl)cc3CCc3cc(N)cnc32)CC1. The summed E-state index contributed by atoms with van der Waals surface area (Å²) < 4.78 is 11.4. The Bertz CT molecular complexity index is 1890. The fourth-order valence-corrected chi connectivity index (χ4v) is 11.0. The van der Waals surface area contributed by atoms with Crippen LogP contribution in [0.3, 0.4) is 0 Å². The Kier molecular flexibility index (Phi) is 13.0. The second-order valence-electron chi connectivity index (χ2n) is 16.4. The van der Waals surface area contributed by atoms with Crippen LogP contribution < -0.4 is 5.73 Å². The number of piperidine rings is 2. The lowest BCUT2D eigenvalue weighted by molar-refractivity contribution is 0.0834. The highest BCUT2D eigenvalue weighted by Gasteiger charge is 2.46. The first-order valence-corrected chi connectivity index (χ1v) is 22.2. The third kappa shape index (κ3) is 8.30. The molecular formula is C46H54BrCl2N5O4. The molecule has 0 spiro atoms. The first kappa shape index (κ1) is 42.3. The number of rotatable bonds is 4. The van der Waals surface area contributed by atoms with E-state index in [0.29, 0.717) is 56.9 Å². The summed E-state index contributed by atoms with van der Waals surface area (Å²) in [6.07, 6.45) is 10.7. The van der Waals surface area contributed by atoms with Crippen molar-refractivity contribution in [2.45, 2.75) is 89.9 Å². The smallest absolute Gasteiger partial charge is 0.409 e. The maximum Gasteiger partial charge on any atom is 0.409 e. The molecule has 4 aromatic rings. The maximum absolute atomic E-state index is 12.2. The molecule has 2 aliphatic carbocycles. The Morgan fingerprint density at radius 1 is 0.690 bits per heavy atom. The van der Waals surface area contributed by atoms with E-state index in [9.17, 15) is 9.59 Å². The Labute approximate surface area is 361 Å². The topological polar surface area (TPSA) is 111 Å². The fraction of sp³-hybridized carbons (Fsp3) is 0.478. The lowest BCUT2D eigenvalue weighted by Crippen LogP contribution is -2.45. The normalized spacial score (nSPS) is 21.8. The first-order chi connectivity index (χ1) is 27.9. The van der Waals surface area contributed by atoms with Crippen LogP contribution in [0.4, 0.5) is 15.3 Å². The lowest BCUT2D eigenvalue weighted by atomic mass is 9.64. The van der Waals surface area contributed by atoms with Gasteiger partial charge in [-0.1, -0.05) is 35.3 Å². The van der Waals surface area contributed by atoms with E-state index in [-0.39, 0.29) is 23.0 Å². The van der Waals surface area contributed by atoms with Crippen LogP contribution in [0.15, 0.2) is 65.4 Å². The molecule has 9 nitrogen and oxygen atoms in total. The number of fused-ring (bicyclic) bond motifs is 4. The molecule has 12 heteroatoms. The van der Waals surface area contributed by atoms with Gasteiger partial charge in [0.15, 0.2) is 0 Å². The van der Waals surface area contributed by atoms with Gasteiger partial charge in [-0.05, 0) is 177 Å². The Balaban J connectivity index is 0.000000177. The second kappa shape index (κ2) is 17.8. The van der Waals surface area contributed by atoms with Crippen molar-refractivity contribution < 1.29 is 19.1 Å². The van der Waals surface area contributed by atoms with Crippen LogP contribution in [0.1, 0.15) is 98.1 Å². The lowest BCUT2D eigenvalue weighted by Gasteiger charge is -2.43. The molecule has 4 heterocycles. The number of carbonyl (C=O) groups is 2. The fourth-order valence-electron chi connectivity index (χ4n) is 10.2. The Morgan fingerprint density at radius 2 is 1.10 bits per heavy atom. The van der Waals surface area contributed by atoms with Gasteiger partial charge < -0.3 is 25.0 Å². The van der Waals surface area contributed by atoms with Crippen LogP contribution in [-0.4, -0.2) is 71.3 Å². The summed E-state index contributed by atoms with van der Waals surface area (Å²) >= 11 is 16.3. The van der Waals surface area contributed by atoms with Gasteiger partial charge in [-0.15, -0.1) is 0 Å². The zero-order valence-electron chi connectivity index (χ0n) is 34.0. The number of carbonyl (C=O) groups excluding carboxylic acids is 2. The Morgan fingerprint density at radius 3 is 1.55 bits per heavy atom. The minimum Gasteiger partial charge on any atom is -0.450 e. The summed E-state index contributed by atoms with van der Waals surface area (Å²) in [4.78, 5) is 37.7. The van der Waals surface area contributed by atoms with Crippen molar-refractivity contribution in [3.8, 4) is 0 Å². The van der Waals surface area contributed by atoms with Crippen LogP contribution in [0.25, 0.3) is 0 Å². The van der Waals surface area contributed by atoms with Gasteiger partial charge in [0.05, 0.1) is 36.5 Å². The number of likely N-dealkylation sites (tertiary alicyclic amines) is 2. The molecule has 0 saturated carbocycles. The predicted octanol–water partition coefficient (Wildman–Crippen LogP) is 10.4. The summed E-state index contributed by atoms with van der Waals surface area (Å²) in [6.45, 7) is 12.0. The van der Waals surface area contributed by atoms with Gasteiger partial charge in [0.1, 0.15) is 0 Å². The molecule has 2 aromatic carbocycles. The van der Waals surface area contributed by atoms with Gasteiger partial charge in [0.25, 0.3) is 0 Å². The molecule has 4 aliphatic rings. The van der Waals surface area contributed by atoms with Gasteiger partial charge in [0, 0.05) is 57.7 Å². The number of aryl methyl sites for hydroxylation is 4. The van der Waals surface area contributed by atoms with E-state index in [1.807, 2.05) is 42.0 Å². The number of nitrogens with zero attached hydrogens (tertiary/aromatic N) is 4. The minimum atomic E-state index is -0.250. The largest absolute Gasteiger partial charge is 0.450 e. The predicted molar refractivity (Wildman–Crippen MR) is 234 cm³/mol. The van der Waals surface area contributed by atoms with Crippen LogP contribution >= 0.6 is 39.1 Å². The number of nitrogens with two attached hydrogens (primary N) is 1. The van der Waals surface area contributed by atoms with Crippen LogP contribution in [0.2, 0.25) is 10.0 Å². The van der Waals surface area contributed by atoms with E-state index in [1.165, 1.54) is 33.4 Å². The van der Waals surface area contributed by atoms with Crippen molar-refractivity contribution in [3.63, 3.8) is 0 Å². The van der Waals surface area contributed by atoms with Crippen molar-refractivity contribution in [1.82, 2.24) is 19.8 Å². The molecule has 2 aromatic heterocycles. The number of amides is 2. The summed E-state index contributed by atoms with van der Waals surface area (Å²) in [5, 5.41) is 1.55. The molecular weight excluding hydrogens is 837 g/mol. The number of halogens is 3. The highest BCUT2D eigenvalue weighted by Crippen LogP contribution is 2.49. The highest BCUT2D eigenvalue weighted by atomic mass is 79.9. The van der Waals surface area contributed by atoms with E-state index in [4.69, 9.17) is 48.4 Å². The molecule has 0 bridgehead atoms. The zero-order chi connectivity index (χ0) is 41.2. The number of ether oxygens (including phenoxy) is 2. The molecule has 0 radical (unpaired) electrons. The molecule has 2 saturated heterocycles. The van der Waals surface area contributed by atoms with E-state index in [2.05, 4.69) is 66.2 Å². The number of hydrogen-bond donors (Lipinski definition) is 1. The molecule has 58 heavy (non-hydrogen) atoms. The number of pyridine rings is 2. The number of benzene rings is 2. The quantitative estimate of drug-likeness (QED) is 0.217. The van der Waals surface area contributed by atoms with Gasteiger partial charge >= 0.3 is 12.2 Å². The standard InChI is InChI=1S/C23H26BrClN2O2.C23H28ClN3O2/c1-3-29-22(28)27-10-8-17(9-11-27)23(2)20-7-6-19(25)13-15(20)4-5-16-12-18(24)14-26-21(16)23;1-3-29-22(28)27-10-8-17(9-11-27)23(2)20-7-6-18(24)12-15(20)4-5-16-13-19(25)14-26-21(16)23/h6-7,12-14,17H,3-5,8-11H2,1-2H3;6-7,12-14,17H,3-5,8-11,25H2,1-2H3.